The highest BCUT2D eigenvalue weighted by Crippen LogP contribution is 2.10. The number of ether oxygens (including phenoxy) is 1. The lowest BCUT2D eigenvalue weighted by molar-refractivity contribution is 0.0616. The zero-order valence-electron chi connectivity index (χ0n) is 9.76. The van der Waals surface area contributed by atoms with Crippen molar-refractivity contribution >= 4 is 11.9 Å². The Bertz CT molecular complexity index is 455. The Hall–Kier alpha value is -1.95. The second-order valence-electron chi connectivity index (χ2n) is 4.11. The molecule has 0 aromatic carbocycles. The summed E-state index contributed by atoms with van der Waals surface area (Å²) in [6, 6.07) is 1.35. The zero-order chi connectivity index (χ0) is 13.0. The van der Waals surface area contributed by atoms with Gasteiger partial charge in [-0.25, -0.2) is 4.79 Å². The maximum Gasteiger partial charge on any atom is 0.338 e. The van der Waals surface area contributed by atoms with Gasteiger partial charge >= 0.3 is 5.97 Å². The average Bonchev–Trinajstić information content (AvgIpc) is 2.40. The Kier molecular flexibility index (Phi) is 3.88. The van der Waals surface area contributed by atoms with E-state index < -0.39 is 11.9 Å². The van der Waals surface area contributed by atoms with E-state index in [1.807, 2.05) is 0 Å². The molecule has 2 heterocycles. The Morgan fingerprint density at radius 2 is 2.28 bits per heavy atom. The monoisotopic (exact) mass is 250 g/mol. The molecule has 1 amide bonds. The summed E-state index contributed by atoms with van der Waals surface area (Å²) in [6.45, 7) is 1.18. The van der Waals surface area contributed by atoms with Crippen LogP contribution in [0.5, 0.6) is 0 Å². The minimum Gasteiger partial charge on any atom is -0.478 e. The van der Waals surface area contributed by atoms with E-state index in [0.29, 0.717) is 13.2 Å². The number of nitrogens with one attached hydrogen (secondary N) is 1. The summed E-state index contributed by atoms with van der Waals surface area (Å²) < 4.78 is 5.25. The van der Waals surface area contributed by atoms with Crippen LogP contribution in [-0.4, -0.2) is 41.2 Å². The highest BCUT2D eigenvalue weighted by molar-refractivity contribution is 6.04. The Labute approximate surface area is 104 Å². The van der Waals surface area contributed by atoms with Crippen LogP contribution in [0.4, 0.5) is 0 Å². The van der Waals surface area contributed by atoms with Gasteiger partial charge in [0.25, 0.3) is 5.91 Å². The van der Waals surface area contributed by atoms with Gasteiger partial charge in [-0.1, -0.05) is 0 Å². The number of carbonyl (C=O) groups is 2. The standard InChI is InChI=1S/C12H14N2O4/c15-11(14-8-2-1-5-18-7-8)9-3-4-13-6-10(9)12(16)17/h3-4,6,8H,1-2,5,7H2,(H,14,15)(H,16,17). The number of hydrogen-bond donors (Lipinski definition) is 2. The number of hydrogen-bond acceptors (Lipinski definition) is 4. The summed E-state index contributed by atoms with van der Waals surface area (Å²) in [4.78, 5) is 26.7. The molecule has 2 rings (SSSR count). The second kappa shape index (κ2) is 5.59. The molecule has 0 aliphatic carbocycles. The first-order valence-electron chi connectivity index (χ1n) is 5.74. The SMILES string of the molecule is O=C(O)c1cnccc1C(=O)NC1CCCOC1. The molecule has 1 saturated heterocycles. The van der Waals surface area contributed by atoms with Gasteiger partial charge in [0.2, 0.25) is 0 Å². The number of rotatable bonds is 3. The minimum atomic E-state index is -1.16. The predicted octanol–water partition coefficient (Wildman–Crippen LogP) is 0.689. The molecule has 0 bridgehead atoms. The molecule has 96 valence electrons. The molecule has 1 aliphatic heterocycles. The van der Waals surface area contributed by atoms with Gasteiger partial charge in [-0.2, -0.15) is 0 Å². The van der Waals surface area contributed by atoms with Crippen molar-refractivity contribution in [3.8, 4) is 0 Å². The van der Waals surface area contributed by atoms with Gasteiger partial charge in [0.1, 0.15) is 0 Å². The van der Waals surface area contributed by atoms with Crippen molar-refractivity contribution < 1.29 is 19.4 Å². The Morgan fingerprint density at radius 3 is 2.94 bits per heavy atom. The molecule has 18 heavy (non-hydrogen) atoms. The molecule has 0 saturated carbocycles. The second-order valence-corrected chi connectivity index (χ2v) is 4.11. The van der Waals surface area contributed by atoms with Gasteiger partial charge in [-0.15, -0.1) is 0 Å². The van der Waals surface area contributed by atoms with Gasteiger partial charge in [-0.3, -0.25) is 9.78 Å². The summed E-state index contributed by atoms with van der Waals surface area (Å²) >= 11 is 0. The van der Waals surface area contributed by atoms with Gasteiger partial charge in [0.15, 0.2) is 0 Å². The molecular weight excluding hydrogens is 236 g/mol. The number of amides is 1. The van der Waals surface area contributed by atoms with Gasteiger partial charge in [-0.05, 0) is 18.9 Å². The lowest BCUT2D eigenvalue weighted by Crippen LogP contribution is -2.41. The number of carboxylic acids is 1. The molecule has 1 unspecified atom stereocenters. The minimum absolute atomic E-state index is 0.0546. The first kappa shape index (κ1) is 12.5. The molecular formula is C12H14N2O4. The van der Waals surface area contributed by atoms with E-state index in [1.165, 1.54) is 18.5 Å². The largest absolute Gasteiger partial charge is 0.478 e. The summed E-state index contributed by atoms with van der Waals surface area (Å²) in [7, 11) is 0. The molecule has 1 aromatic heterocycles. The lowest BCUT2D eigenvalue weighted by Gasteiger charge is -2.23. The van der Waals surface area contributed by atoms with Crippen molar-refractivity contribution in [3.05, 3.63) is 29.6 Å². The molecule has 6 heteroatoms. The van der Waals surface area contributed by atoms with Crippen LogP contribution in [0, 0.1) is 0 Å². The topological polar surface area (TPSA) is 88.5 Å². The third kappa shape index (κ3) is 2.84. The Morgan fingerprint density at radius 1 is 1.44 bits per heavy atom. The van der Waals surface area contributed by atoms with Gasteiger partial charge in [0.05, 0.1) is 23.8 Å². The molecule has 6 nitrogen and oxygen atoms in total. The summed E-state index contributed by atoms with van der Waals surface area (Å²) in [5, 5.41) is 11.8. The quantitative estimate of drug-likeness (QED) is 0.823. The van der Waals surface area contributed by atoms with Crippen molar-refractivity contribution in [1.82, 2.24) is 10.3 Å². The number of carboxylic acid groups (broad SMARTS) is 1. The maximum atomic E-state index is 12.0. The highest BCUT2D eigenvalue weighted by atomic mass is 16.5. The first-order valence-corrected chi connectivity index (χ1v) is 5.74. The number of aromatic carboxylic acids is 1. The molecule has 1 aromatic rings. The van der Waals surface area contributed by atoms with Gasteiger partial charge < -0.3 is 15.2 Å². The van der Waals surface area contributed by atoms with Crippen molar-refractivity contribution in [2.24, 2.45) is 0 Å². The van der Waals surface area contributed by atoms with Crippen molar-refractivity contribution in [3.63, 3.8) is 0 Å². The van der Waals surface area contributed by atoms with E-state index in [0.717, 1.165) is 12.8 Å². The lowest BCUT2D eigenvalue weighted by atomic mass is 10.1. The maximum absolute atomic E-state index is 12.0. The van der Waals surface area contributed by atoms with Crippen molar-refractivity contribution in [1.29, 1.82) is 0 Å². The molecule has 2 N–H and O–H groups in total. The summed E-state index contributed by atoms with van der Waals surface area (Å²) in [6.07, 6.45) is 4.32. The molecule has 0 radical (unpaired) electrons. The van der Waals surface area contributed by atoms with E-state index in [2.05, 4.69) is 10.3 Å². The van der Waals surface area contributed by atoms with E-state index in [-0.39, 0.29) is 17.2 Å². The van der Waals surface area contributed by atoms with Crippen LogP contribution < -0.4 is 5.32 Å². The number of aromatic nitrogens is 1. The molecule has 0 spiro atoms. The van der Waals surface area contributed by atoms with Crippen LogP contribution in [0.3, 0.4) is 0 Å². The van der Waals surface area contributed by atoms with E-state index >= 15 is 0 Å². The van der Waals surface area contributed by atoms with E-state index in [1.54, 1.807) is 0 Å². The third-order valence-electron chi connectivity index (χ3n) is 2.79. The van der Waals surface area contributed by atoms with Crippen LogP contribution in [0.2, 0.25) is 0 Å². The molecule has 1 fully saturated rings. The number of nitrogens with zero attached hydrogens (tertiary/aromatic N) is 1. The fraction of sp³-hybridized carbons (Fsp3) is 0.417. The van der Waals surface area contributed by atoms with E-state index in [4.69, 9.17) is 9.84 Å². The van der Waals surface area contributed by atoms with Crippen LogP contribution in [0.1, 0.15) is 33.6 Å². The number of pyridine rings is 1. The highest BCUT2D eigenvalue weighted by Gasteiger charge is 2.20. The smallest absolute Gasteiger partial charge is 0.338 e. The fourth-order valence-electron chi connectivity index (χ4n) is 1.88. The van der Waals surface area contributed by atoms with Crippen LogP contribution in [0.15, 0.2) is 18.5 Å². The summed E-state index contributed by atoms with van der Waals surface area (Å²) in [5.74, 6) is -1.56. The van der Waals surface area contributed by atoms with Crippen molar-refractivity contribution in [2.75, 3.05) is 13.2 Å². The zero-order valence-corrected chi connectivity index (χ0v) is 9.76. The van der Waals surface area contributed by atoms with E-state index in [9.17, 15) is 9.59 Å². The third-order valence-corrected chi connectivity index (χ3v) is 2.79. The normalized spacial score (nSPS) is 19.2. The van der Waals surface area contributed by atoms with Crippen LogP contribution in [-0.2, 0) is 4.74 Å². The Balaban J connectivity index is 2.10. The van der Waals surface area contributed by atoms with Crippen molar-refractivity contribution in [2.45, 2.75) is 18.9 Å². The van der Waals surface area contributed by atoms with Gasteiger partial charge in [0, 0.05) is 19.0 Å². The fourth-order valence-corrected chi connectivity index (χ4v) is 1.88. The number of carbonyl (C=O) groups excluding carboxylic acids is 1. The van der Waals surface area contributed by atoms with Crippen LogP contribution in [0.25, 0.3) is 0 Å². The summed E-state index contributed by atoms with van der Waals surface area (Å²) in [5.41, 5.74) is 0.0369. The average molecular weight is 250 g/mol. The predicted molar refractivity (Wildman–Crippen MR) is 62.5 cm³/mol. The molecule has 1 aliphatic rings. The van der Waals surface area contributed by atoms with Crippen LogP contribution >= 0.6 is 0 Å². The first-order chi connectivity index (χ1) is 8.68. The molecule has 1 atom stereocenters.